The molecule has 1 heterocycles. The molecule has 0 bridgehead atoms. The lowest BCUT2D eigenvalue weighted by Gasteiger charge is -2.16. The highest BCUT2D eigenvalue weighted by Crippen LogP contribution is 2.23. The van der Waals surface area contributed by atoms with Gasteiger partial charge in [0.05, 0.1) is 11.0 Å². The molecule has 0 radical (unpaired) electrons. The summed E-state index contributed by atoms with van der Waals surface area (Å²) in [5, 5.41) is 0. The van der Waals surface area contributed by atoms with Crippen molar-refractivity contribution in [2.75, 3.05) is 13.2 Å². The Morgan fingerprint density at radius 1 is 1.28 bits per heavy atom. The van der Waals surface area contributed by atoms with Gasteiger partial charge in [-0.3, -0.25) is 0 Å². The third-order valence-corrected chi connectivity index (χ3v) is 2.72. The van der Waals surface area contributed by atoms with Crippen LogP contribution in [-0.2, 0) is 16.5 Å². The van der Waals surface area contributed by atoms with Crippen LogP contribution in [0.5, 0.6) is 0 Å². The number of halogens is 1. The molecule has 5 heteroatoms. The molecule has 1 aromatic heterocycles. The van der Waals surface area contributed by atoms with Gasteiger partial charge in [-0.2, -0.15) is 0 Å². The fourth-order valence-corrected chi connectivity index (χ4v) is 1.90. The van der Waals surface area contributed by atoms with E-state index in [-0.39, 0.29) is 5.82 Å². The van der Waals surface area contributed by atoms with E-state index in [1.807, 2.05) is 25.5 Å². The average Bonchev–Trinajstić information content (AvgIpc) is 2.66. The van der Waals surface area contributed by atoms with Crippen molar-refractivity contribution in [3.8, 4) is 0 Å². The highest BCUT2D eigenvalue weighted by molar-refractivity contribution is 5.76. The first-order chi connectivity index (χ1) is 8.67. The van der Waals surface area contributed by atoms with Gasteiger partial charge in [0.2, 0.25) is 6.29 Å². The van der Waals surface area contributed by atoms with Gasteiger partial charge in [0.25, 0.3) is 0 Å². The standard InChI is InChI=1S/C13H17FN2O2/c1-4-17-13(18-5-2)12-15-10-8-9(14)6-7-11(10)16(12)3/h6-8,13H,4-5H2,1-3H3. The summed E-state index contributed by atoms with van der Waals surface area (Å²) < 4.78 is 26.0. The molecule has 2 rings (SSSR count). The predicted molar refractivity (Wildman–Crippen MR) is 66.7 cm³/mol. The Morgan fingerprint density at radius 2 is 1.94 bits per heavy atom. The maximum absolute atomic E-state index is 13.2. The lowest BCUT2D eigenvalue weighted by molar-refractivity contribution is -0.146. The number of fused-ring (bicyclic) bond motifs is 1. The van der Waals surface area contributed by atoms with Crippen molar-refractivity contribution in [3.63, 3.8) is 0 Å². The maximum atomic E-state index is 13.2. The van der Waals surface area contributed by atoms with E-state index >= 15 is 0 Å². The number of benzene rings is 1. The molecule has 0 aliphatic heterocycles. The minimum Gasteiger partial charge on any atom is -0.346 e. The smallest absolute Gasteiger partial charge is 0.217 e. The molecule has 0 saturated carbocycles. The van der Waals surface area contributed by atoms with E-state index in [1.165, 1.54) is 12.1 Å². The minimum absolute atomic E-state index is 0.295. The number of rotatable bonds is 5. The monoisotopic (exact) mass is 252 g/mol. The van der Waals surface area contributed by atoms with E-state index in [2.05, 4.69) is 4.98 Å². The van der Waals surface area contributed by atoms with Crippen LogP contribution in [0, 0.1) is 5.82 Å². The third-order valence-electron chi connectivity index (χ3n) is 2.72. The van der Waals surface area contributed by atoms with Gasteiger partial charge >= 0.3 is 0 Å². The summed E-state index contributed by atoms with van der Waals surface area (Å²) in [5.41, 5.74) is 1.47. The molecule has 4 nitrogen and oxygen atoms in total. The van der Waals surface area contributed by atoms with Crippen LogP contribution in [0.25, 0.3) is 11.0 Å². The topological polar surface area (TPSA) is 36.3 Å². The molecular weight excluding hydrogens is 235 g/mol. The second-order valence-electron chi connectivity index (χ2n) is 3.90. The zero-order valence-electron chi connectivity index (χ0n) is 10.8. The molecule has 0 fully saturated rings. The Bertz CT molecular complexity index is 533. The Hall–Kier alpha value is -1.46. The Morgan fingerprint density at radius 3 is 2.56 bits per heavy atom. The van der Waals surface area contributed by atoms with E-state index in [0.717, 1.165) is 5.52 Å². The van der Waals surface area contributed by atoms with Crippen LogP contribution >= 0.6 is 0 Å². The molecular formula is C13H17FN2O2. The van der Waals surface area contributed by atoms with E-state index in [9.17, 15) is 4.39 Å². The Labute approximate surface area is 105 Å². The van der Waals surface area contributed by atoms with Crippen LogP contribution in [0.1, 0.15) is 26.0 Å². The number of hydrogen-bond acceptors (Lipinski definition) is 3. The summed E-state index contributed by atoms with van der Waals surface area (Å²) in [6.07, 6.45) is -0.513. The van der Waals surface area contributed by atoms with Gasteiger partial charge in [-0.05, 0) is 26.0 Å². The average molecular weight is 252 g/mol. The van der Waals surface area contributed by atoms with Crippen LogP contribution in [0.15, 0.2) is 18.2 Å². The van der Waals surface area contributed by atoms with Gasteiger partial charge in [-0.15, -0.1) is 0 Å². The quantitative estimate of drug-likeness (QED) is 0.768. The predicted octanol–water partition coefficient (Wildman–Crippen LogP) is 2.78. The maximum Gasteiger partial charge on any atom is 0.217 e. The molecule has 0 aliphatic carbocycles. The van der Waals surface area contributed by atoms with Crippen molar-refractivity contribution in [1.82, 2.24) is 9.55 Å². The molecule has 0 N–H and O–H groups in total. The van der Waals surface area contributed by atoms with Crippen molar-refractivity contribution in [3.05, 3.63) is 29.8 Å². The number of aromatic nitrogens is 2. The van der Waals surface area contributed by atoms with Crippen molar-refractivity contribution in [1.29, 1.82) is 0 Å². The van der Waals surface area contributed by atoms with Crippen molar-refractivity contribution < 1.29 is 13.9 Å². The number of ether oxygens (including phenoxy) is 2. The molecule has 18 heavy (non-hydrogen) atoms. The molecule has 0 atom stereocenters. The fourth-order valence-electron chi connectivity index (χ4n) is 1.90. The normalized spacial score (nSPS) is 11.6. The summed E-state index contributed by atoms with van der Waals surface area (Å²) in [7, 11) is 1.87. The molecule has 0 saturated heterocycles. The Kier molecular flexibility index (Phi) is 3.93. The molecule has 0 amide bonds. The van der Waals surface area contributed by atoms with Gasteiger partial charge < -0.3 is 14.0 Å². The SMILES string of the molecule is CCOC(OCC)c1nc2cc(F)ccc2n1C. The van der Waals surface area contributed by atoms with Crippen molar-refractivity contribution in [2.24, 2.45) is 7.05 Å². The highest BCUT2D eigenvalue weighted by Gasteiger charge is 2.19. The van der Waals surface area contributed by atoms with Gasteiger partial charge in [-0.1, -0.05) is 0 Å². The lowest BCUT2D eigenvalue weighted by atomic mass is 10.3. The molecule has 2 aromatic rings. The summed E-state index contributed by atoms with van der Waals surface area (Å²) in [4.78, 5) is 4.38. The molecule has 98 valence electrons. The largest absolute Gasteiger partial charge is 0.346 e. The van der Waals surface area contributed by atoms with E-state index in [0.29, 0.717) is 24.6 Å². The molecule has 0 unspecified atom stereocenters. The fraction of sp³-hybridized carbons (Fsp3) is 0.462. The van der Waals surface area contributed by atoms with Gasteiger partial charge in [-0.25, -0.2) is 9.37 Å². The molecule has 1 aromatic carbocycles. The van der Waals surface area contributed by atoms with Crippen LogP contribution in [0.4, 0.5) is 4.39 Å². The minimum atomic E-state index is -0.513. The Balaban J connectivity index is 2.45. The van der Waals surface area contributed by atoms with Crippen molar-refractivity contribution in [2.45, 2.75) is 20.1 Å². The summed E-state index contributed by atoms with van der Waals surface area (Å²) in [6, 6.07) is 4.54. The van der Waals surface area contributed by atoms with Gasteiger partial charge in [0.1, 0.15) is 5.82 Å². The number of nitrogens with zero attached hydrogens (tertiary/aromatic N) is 2. The van der Waals surface area contributed by atoms with Gasteiger partial charge in [0, 0.05) is 26.3 Å². The first kappa shape index (κ1) is 13.0. The number of hydrogen-bond donors (Lipinski definition) is 0. The highest BCUT2D eigenvalue weighted by atomic mass is 19.1. The molecule has 0 spiro atoms. The summed E-state index contributed by atoms with van der Waals surface area (Å²) in [5.74, 6) is 0.357. The summed E-state index contributed by atoms with van der Waals surface area (Å²) >= 11 is 0. The van der Waals surface area contributed by atoms with Crippen LogP contribution in [0.2, 0.25) is 0 Å². The lowest BCUT2D eigenvalue weighted by Crippen LogP contribution is -2.13. The number of aryl methyl sites for hydroxylation is 1. The number of imidazole rings is 1. The third kappa shape index (κ3) is 2.37. The first-order valence-electron chi connectivity index (χ1n) is 6.02. The van der Waals surface area contributed by atoms with E-state index < -0.39 is 6.29 Å². The molecule has 0 aliphatic rings. The summed E-state index contributed by atoms with van der Waals surface area (Å²) in [6.45, 7) is 4.85. The van der Waals surface area contributed by atoms with E-state index in [1.54, 1.807) is 6.07 Å². The van der Waals surface area contributed by atoms with E-state index in [4.69, 9.17) is 9.47 Å². The van der Waals surface area contributed by atoms with Crippen LogP contribution < -0.4 is 0 Å². The zero-order chi connectivity index (χ0) is 13.1. The second kappa shape index (κ2) is 5.46. The zero-order valence-corrected chi connectivity index (χ0v) is 10.8. The van der Waals surface area contributed by atoms with Crippen LogP contribution in [-0.4, -0.2) is 22.8 Å². The first-order valence-corrected chi connectivity index (χ1v) is 6.02. The second-order valence-corrected chi connectivity index (χ2v) is 3.90. The van der Waals surface area contributed by atoms with Crippen LogP contribution in [0.3, 0.4) is 0 Å². The van der Waals surface area contributed by atoms with Crippen molar-refractivity contribution >= 4 is 11.0 Å². The van der Waals surface area contributed by atoms with Gasteiger partial charge in [0.15, 0.2) is 5.82 Å².